The molecule has 0 fully saturated rings. The normalized spacial score (nSPS) is 11.0. The first kappa shape index (κ1) is 17.8. The van der Waals surface area contributed by atoms with Crippen molar-refractivity contribution in [1.82, 2.24) is 4.98 Å². The summed E-state index contributed by atoms with van der Waals surface area (Å²) in [7, 11) is -0.892. The van der Waals surface area contributed by atoms with E-state index in [0.717, 1.165) is 11.1 Å². The molecule has 1 N–H and O–H groups in total. The number of ether oxygens (including phenoxy) is 2. The minimum atomic E-state index is -3.78. The molecule has 1 aromatic heterocycles. The zero-order valence-electron chi connectivity index (χ0n) is 14.3. The number of benzene rings is 2. The Labute approximate surface area is 152 Å². The highest BCUT2D eigenvalue weighted by Gasteiger charge is 2.18. The molecule has 3 aromatic rings. The fourth-order valence-electron chi connectivity index (χ4n) is 2.43. The lowest BCUT2D eigenvalue weighted by Crippen LogP contribution is -2.14. The molecular formula is C19H18N2O4S. The summed E-state index contributed by atoms with van der Waals surface area (Å²) >= 11 is 0. The van der Waals surface area contributed by atoms with Crippen LogP contribution in [0.1, 0.15) is 0 Å². The molecule has 0 amide bonds. The van der Waals surface area contributed by atoms with Crippen LogP contribution in [0, 0.1) is 0 Å². The van der Waals surface area contributed by atoms with Crippen molar-refractivity contribution < 1.29 is 17.9 Å². The summed E-state index contributed by atoms with van der Waals surface area (Å²) in [5, 5.41) is 0. The summed E-state index contributed by atoms with van der Waals surface area (Å²) in [5.74, 6) is 0.464. The number of hydrogen-bond donors (Lipinski definition) is 1. The van der Waals surface area contributed by atoms with Crippen LogP contribution in [0.4, 0.5) is 5.69 Å². The van der Waals surface area contributed by atoms with Crippen LogP contribution < -0.4 is 14.2 Å². The quantitative estimate of drug-likeness (QED) is 0.718. The molecule has 0 aliphatic heterocycles. The number of nitrogens with one attached hydrogen (secondary N) is 1. The van der Waals surface area contributed by atoms with E-state index < -0.39 is 10.0 Å². The van der Waals surface area contributed by atoms with Crippen LogP contribution in [0.2, 0.25) is 0 Å². The van der Waals surface area contributed by atoms with E-state index in [1.54, 1.807) is 36.4 Å². The number of anilines is 1. The first-order chi connectivity index (χ1) is 12.5. The van der Waals surface area contributed by atoms with Gasteiger partial charge in [0.05, 0.1) is 19.1 Å². The van der Waals surface area contributed by atoms with E-state index in [4.69, 9.17) is 9.47 Å². The lowest BCUT2D eigenvalue weighted by atomic mass is 10.1. The summed E-state index contributed by atoms with van der Waals surface area (Å²) in [6.07, 6.45) is 0. The smallest absolute Gasteiger partial charge is 0.262 e. The molecule has 0 saturated carbocycles. The van der Waals surface area contributed by atoms with Crippen LogP contribution in [-0.2, 0) is 10.0 Å². The third-order valence-electron chi connectivity index (χ3n) is 3.75. The van der Waals surface area contributed by atoms with Gasteiger partial charge in [0, 0.05) is 6.07 Å². The Morgan fingerprint density at radius 1 is 0.808 bits per heavy atom. The zero-order chi connectivity index (χ0) is 18.6. The third kappa shape index (κ3) is 3.78. The molecule has 7 heteroatoms. The molecule has 0 saturated heterocycles. The van der Waals surface area contributed by atoms with E-state index in [1.807, 2.05) is 30.3 Å². The van der Waals surface area contributed by atoms with Gasteiger partial charge in [-0.3, -0.25) is 4.72 Å². The highest BCUT2D eigenvalue weighted by Crippen LogP contribution is 2.28. The number of methoxy groups -OCH3 is 2. The van der Waals surface area contributed by atoms with E-state index in [1.165, 1.54) is 14.2 Å². The van der Waals surface area contributed by atoms with E-state index >= 15 is 0 Å². The number of nitrogens with zero attached hydrogens (tertiary/aromatic N) is 1. The predicted molar refractivity (Wildman–Crippen MR) is 100 cm³/mol. The number of sulfonamides is 1. The summed E-state index contributed by atoms with van der Waals surface area (Å²) in [6, 6.07) is 19.5. The maximum absolute atomic E-state index is 12.6. The van der Waals surface area contributed by atoms with Gasteiger partial charge in [0.25, 0.3) is 10.0 Å². The van der Waals surface area contributed by atoms with Gasteiger partial charge in [-0.05, 0) is 29.3 Å². The molecule has 0 radical (unpaired) electrons. The zero-order valence-corrected chi connectivity index (χ0v) is 15.2. The molecule has 0 bridgehead atoms. The number of hydrogen-bond acceptors (Lipinski definition) is 5. The molecular weight excluding hydrogens is 352 g/mol. The van der Waals surface area contributed by atoms with E-state index in [9.17, 15) is 8.42 Å². The van der Waals surface area contributed by atoms with E-state index in [0.29, 0.717) is 5.88 Å². The Morgan fingerprint density at radius 3 is 2.08 bits per heavy atom. The van der Waals surface area contributed by atoms with Crippen molar-refractivity contribution in [3.63, 3.8) is 0 Å². The summed E-state index contributed by atoms with van der Waals surface area (Å²) in [6.45, 7) is 0. The minimum Gasteiger partial charge on any atom is -0.481 e. The predicted octanol–water partition coefficient (Wildman–Crippen LogP) is 3.57. The number of aromatic nitrogens is 1. The van der Waals surface area contributed by atoms with E-state index in [2.05, 4.69) is 9.71 Å². The highest BCUT2D eigenvalue weighted by molar-refractivity contribution is 7.92. The maximum Gasteiger partial charge on any atom is 0.262 e. The van der Waals surface area contributed by atoms with Gasteiger partial charge in [0.2, 0.25) is 11.8 Å². The second-order valence-corrected chi connectivity index (χ2v) is 7.09. The molecule has 0 spiro atoms. The molecule has 134 valence electrons. The van der Waals surface area contributed by atoms with Crippen molar-refractivity contribution in [2.45, 2.75) is 4.90 Å². The molecule has 0 aliphatic rings. The molecule has 2 aromatic carbocycles. The van der Waals surface area contributed by atoms with Gasteiger partial charge >= 0.3 is 0 Å². The van der Waals surface area contributed by atoms with Crippen molar-refractivity contribution in [3.8, 4) is 22.9 Å². The van der Waals surface area contributed by atoms with Gasteiger partial charge in [0.1, 0.15) is 5.69 Å². The fraction of sp³-hybridized carbons (Fsp3) is 0.105. The molecule has 26 heavy (non-hydrogen) atoms. The minimum absolute atomic E-state index is 0.133. The lowest BCUT2D eigenvalue weighted by Gasteiger charge is -2.12. The Kier molecular flexibility index (Phi) is 5.09. The SMILES string of the molecule is COc1ccc(NS(=O)(=O)c2ccc(-c3ccccc3)cc2)c(OC)n1. The van der Waals surface area contributed by atoms with Crippen LogP contribution in [0.5, 0.6) is 11.8 Å². The lowest BCUT2D eigenvalue weighted by molar-refractivity contribution is 0.366. The maximum atomic E-state index is 12.6. The average molecular weight is 370 g/mol. The van der Waals surface area contributed by atoms with Gasteiger partial charge in [-0.25, -0.2) is 8.42 Å². The van der Waals surface area contributed by atoms with Gasteiger partial charge in [-0.1, -0.05) is 42.5 Å². The Hall–Kier alpha value is -3.06. The van der Waals surface area contributed by atoms with Gasteiger partial charge in [0.15, 0.2) is 0 Å². The molecule has 0 unspecified atom stereocenters. The van der Waals surface area contributed by atoms with Crippen LogP contribution in [-0.4, -0.2) is 27.6 Å². The van der Waals surface area contributed by atoms with Gasteiger partial charge in [-0.2, -0.15) is 4.98 Å². The number of rotatable bonds is 6. The monoisotopic (exact) mass is 370 g/mol. The van der Waals surface area contributed by atoms with Crippen molar-refractivity contribution in [3.05, 3.63) is 66.7 Å². The summed E-state index contributed by atoms with van der Waals surface area (Å²) < 4.78 is 37.9. The average Bonchev–Trinajstić information content (AvgIpc) is 2.69. The van der Waals surface area contributed by atoms with Gasteiger partial charge in [-0.15, -0.1) is 0 Å². The van der Waals surface area contributed by atoms with Crippen LogP contribution in [0.25, 0.3) is 11.1 Å². The largest absolute Gasteiger partial charge is 0.481 e. The first-order valence-electron chi connectivity index (χ1n) is 7.81. The Morgan fingerprint density at radius 2 is 1.46 bits per heavy atom. The molecule has 1 heterocycles. The Bertz CT molecular complexity index is 988. The summed E-state index contributed by atoms with van der Waals surface area (Å²) in [4.78, 5) is 4.22. The van der Waals surface area contributed by atoms with Crippen LogP contribution >= 0.6 is 0 Å². The fourth-order valence-corrected chi connectivity index (χ4v) is 3.49. The molecule has 6 nitrogen and oxygen atoms in total. The Balaban J connectivity index is 1.87. The van der Waals surface area contributed by atoms with Crippen LogP contribution in [0.3, 0.4) is 0 Å². The molecule has 0 atom stereocenters. The second kappa shape index (κ2) is 7.45. The van der Waals surface area contributed by atoms with Crippen molar-refractivity contribution in [2.24, 2.45) is 0 Å². The molecule has 3 rings (SSSR count). The van der Waals surface area contributed by atoms with E-state index in [-0.39, 0.29) is 16.5 Å². The second-order valence-electron chi connectivity index (χ2n) is 5.41. The third-order valence-corrected chi connectivity index (χ3v) is 5.13. The van der Waals surface area contributed by atoms with Crippen LogP contribution in [0.15, 0.2) is 71.6 Å². The number of pyridine rings is 1. The van der Waals surface area contributed by atoms with Crippen molar-refractivity contribution in [2.75, 3.05) is 18.9 Å². The van der Waals surface area contributed by atoms with Crippen molar-refractivity contribution in [1.29, 1.82) is 0 Å². The molecule has 0 aliphatic carbocycles. The van der Waals surface area contributed by atoms with Gasteiger partial charge < -0.3 is 9.47 Å². The van der Waals surface area contributed by atoms with Crippen molar-refractivity contribution >= 4 is 15.7 Å². The highest BCUT2D eigenvalue weighted by atomic mass is 32.2. The topological polar surface area (TPSA) is 77.5 Å². The standard InChI is InChI=1S/C19H18N2O4S/c1-24-18-13-12-17(19(20-18)25-2)21-26(22,23)16-10-8-15(9-11-16)14-6-4-3-5-7-14/h3-13,21H,1-2H3. The first-order valence-corrected chi connectivity index (χ1v) is 9.29. The summed E-state index contributed by atoms with van der Waals surface area (Å²) in [5.41, 5.74) is 2.19.